The average molecular weight is 461 g/mol. The van der Waals surface area contributed by atoms with Gasteiger partial charge >= 0.3 is 5.97 Å². The molecule has 0 bridgehead atoms. The monoisotopic (exact) mass is 460 g/mol. The topological polar surface area (TPSA) is 110 Å². The van der Waals surface area contributed by atoms with Gasteiger partial charge in [0.1, 0.15) is 17.3 Å². The van der Waals surface area contributed by atoms with E-state index in [4.69, 9.17) is 10.5 Å². The van der Waals surface area contributed by atoms with Crippen molar-refractivity contribution in [1.29, 1.82) is 0 Å². The number of halogens is 1. The van der Waals surface area contributed by atoms with Gasteiger partial charge in [-0.3, -0.25) is 0 Å². The Morgan fingerprint density at radius 1 is 1.22 bits per heavy atom. The lowest BCUT2D eigenvalue weighted by atomic mass is 9.90. The van der Waals surface area contributed by atoms with E-state index < -0.39 is 33.1 Å². The number of ether oxygens (including phenoxy) is 1. The van der Waals surface area contributed by atoms with Crippen LogP contribution in [0.3, 0.4) is 0 Å². The van der Waals surface area contributed by atoms with Crippen molar-refractivity contribution in [2.45, 2.75) is 24.3 Å². The zero-order chi connectivity index (χ0) is 23.4. The first kappa shape index (κ1) is 23.7. The number of carboxylic acids is 1. The van der Waals surface area contributed by atoms with Gasteiger partial charge in [0, 0.05) is 13.1 Å². The van der Waals surface area contributed by atoms with Crippen molar-refractivity contribution < 1.29 is 27.4 Å². The van der Waals surface area contributed by atoms with E-state index >= 15 is 0 Å². The predicted molar refractivity (Wildman–Crippen MR) is 118 cm³/mol. The molecule has 7 nitrogen and oxygen atoms in total. The molecule has 1 saturated heterocycles. The van der Waals surface area contributed by atoms with Crippen molar-refractivity contribution in [2.75, 3.05) is 26.0 Å². The Labute approximate surface area is 187 Å². The van der Waals surface area contributed by atoms with Crippen LogP contribution in [0.25, 0.3) is 0 Å². The highest BCUT2D eigenvalue weighted by molar-refractivity contribution is 7.89. The molecule has 32 heavy (non-hydrogen) atoms. The van der Waals surface area contributed by atoms with Gasteiger partial charge in [-0.2, -0.15) is 0 Å². The van der Waals surface area contributed by atoms with Gasteiger partial charge in [0.05, 0.1) is 12.7 Å². The number of sulfonamides is 1. The number of hydrogen-bond donors (Lipinski definition) is 2. The van der Waals surface area contributed by atoms with E-state index in [0.717, 1.165) is 11.3 Å². The van der Waals surface area contributed by atoms with E-state index in [1.54, 1.807) is 7.11 Å². The van der Waals surface area contributed by atoms with E-state index in [1.165, 1.54) is 28.6 Å². The number of piperidine rings is 1. The van der Waals surface area contributed by atoms with Crippen molar-refractivity contribution in [3.63, 3.8) is 0 Å². The lowest BCUT2D eigenvalue weighted by molar-refractivity contribution is -0.140. The van der Waals surface area contributed by atoms with E-state index in [1.807, 2.05) is 24.3 Å². The van der Waals surface area contributed by atoms with Gasteiger partial charge in [0.2, 0.25) is 10.0 Å². The van der Waals surface area contributed by atoms with E-state index in [0.29, 0.717) is 12.8 Å². The average Bonchev–Trinajstić information content (AvgIpc) is 2.78. The van der Waals surface area contributed by atoms with Crippen LogP contribution < -0.4 is 10.5 Å². The second-order valence-corrected chi connectivity index (χ2v) is 9.68. The number of nitrogens with zero attached hydrogens (tertiary/aromatic N) is 1. The summed E-state index contributed by atoms with van der Waals surface area (Å²) in [5, 5.41) is 9.56. The number of nitrogens with two attached hydrogens (primary N) is 1. The summed E-state index contributed by atoms with van der Waals surface area (Å²) in [5.41, 5.74) is 4.54. The zero-order valence-electron chi connectivity index (χ0n) is 17.6. The third kappa shape index (κ3) is 5.46. The van der Waals surface area contributed by atoms with Crippen molar-refractivity contribution in [3.8, 4) is 17.6 Å². The molecule has 9 heteroatoms. The quantitative estimate of drug-likeness (QED) is 0.640. The van der Waals surface area contributed by atoms with Crippen molar-refractivity contribution in [1.82, 2.24) is 4.31 Å². The summed E-state index contributed by atoms with van der Waals surface area (Å²) in [5.74, 6) is 2.45. The summed E-state index contributed by atoms with van der Waals surface area (Å²) in [6, 6.07) is 13.2. The minimum Gasteiger partial charge on any atom is -0.497 e. The molecule has 3 rings (SSSR count). The van der Waals surface area contributed by atoms with Crippen LogP contribution >= 0.6 is 0 Å². The van der Waals surface area contributed by atoms with Crippen molar-refractivity contribution >= 4 is 16.0 Å². The van der Waals surface area contributed by atoms with Gasteiger partial charge in [-0.1, -0.05) is 36.1 Å². The van der Waals surface area contributed by atoms with Crippen LogP contribution in [0.15, 0.2) is 48.5 Å². The van der Waals surface area contributed by atoms with Gasteiger partial charge in [0.25, 0.3) is 0 Å². The summed E-state index contributed by atoms with van der Waals surface area (Å²) in [6.07, 6.45) is 1.19. The smallest absolute Gasteiger partial charge is 0.337 e. The van der Waals surface area contributed by atoms with Crippen molar-refractivity contribution in [3.05, 3.63) is 65.5 Å². The lowest BCUT2D eigenvalue weighted by Gasteiger charge is -2.33. The maximum atomic E-state index is 13.8. The van der Waals surface area contributed by atoms with E-state index in [-0.39, 0.29) is 24.6 Å². The summed E-state index contributed by atoms with van der Waals surface area (Å²) < 4.78 is 46.1. The minimum absolute atomic E-state index is 0.0544. The molecule has 1 aliphatic rings. The molecule has 0 aliphatic carbocycles. The molecule has 0 aromatic heterocycles. The van der Waals surface area contributed by atoms with Gasteiger partial charge in [-0.25, -0.2) is 21.9 Å². The van der Waals surface area contributed by atoms with E-state index in [2.05, 4.69) is 11.8 Å². The molecule has 0 amide bonds. The van der Waals surface area contributed by atoms with E-state index in [9.17, 15) is 22.7 Å². The molecule has 1 atom stereocenters. The number of carboxylic acid groups (broad SMARTS) is 1. The van der Waals surface area contributed by atoms with Crippen LogP contribution in [0, 0.1) is 17.7 Å². The largest absolute Gasteiger partial charge is 0.497 e. The Hall–Kier alpha value is -2.93. The molecule has 170 valence electrons. The molecule has 1 heterocycles. The Bertz CT molecular complexity index is 1130. The molecule has 0 spiro atoms. The Balaban J connectivity index is 1.71. The second kappa shape index (κ2) is 9.69. The summed E-state index contributed by atoms with van der Waals surface area (Å²) >= 11 is 0. The molecular formula is C23H25FN2O5S. The zero-order valence-corrected chi connectivity index (χ0v) is 18.4. The van der Waals surface area contributed by atoms with Gasteiger partial charge in [-0.15, -0.1) is 0 Å². The number of carbonyl (C=O) groups is 1. The molecule has 1 fully saturated rings. The van der Waals surface area contributed by atoms with Gasteiger partial charge in [-0.05, 0) is 48.6 Å². The molecule has 0 saturated carbocycles. The highest BCUT2D eigenvalue weighted by Crippen LogP contribution is 2.30. The molecular weight excluding hydrogens is 435 g/mol. The molecule has 0 radical (unpaired) electrons. The highest BCUT2D eigenvalue weighted by atomic mass is 32.2. The molecule has 2 aromatic rings. The first-order valence-corrected chi connectivity index (χ1v) is 11.7. The van der Waals surface area contributed by atoms with Gasteiger partial charge < -0.3 is 15.6 Å². The predicted octanol–water partition coefficient (Wildman–Crippen LogP) is 2.18. The van der Waals surface area contributed by atoms with Crippen molar-refractivity contribution in [2.24, 2.45) is 5.73 Å². The first-order valence-electron chi connectivity index (χ1n) is 10.1. The normalized spacial score (nSPS) is 17.1. The summed E-state index contributed by atoms with van der Waals surface area (Å²) in [6.45, 7) is 0.491. The molecule has 3 N–H and O–H groups in total. The standard InChI is InChI=1S/C23H25FN2O5S/c1-31-20-8-6-17(7-9-20)18-11-14-26(15-12-18)32(29,30)16-23(25,22(27)28)13-10-19-4-2-3-5-21(19)24/h2-9,18H,11-12,14-16,25H2,1H3,(H,27,28). The number of rotatable bonds is 6. The van der Waals surface area contributed by atoms with Crippen LogP contribution in [-0.2, 0) is 14.8 Å². The fraction of sp³-hybridized carbons (Fsp3) is 0.348. The third-order valence-electron chi connectivity index (χ3n) is 5.52. The second-order valence-electron chi connectivity index (χ2n) is 7.71. The number of hydrogen-bond acceptors (Lipinski definition) is 5. The van der Waals surface area contributed by atoms with Crippen LogP contribution in [0.5, 0.6) is 5.75 Å². The highest BCUT2D eigenvalue weighted by Gasteiger charge is 2.41. The maximum absolute atomic E-state index is 13.8. The Morgan fingerprint density at radius 3 is 2.41 bits per heavy atom. The number of benzene rings is 2. The molecule has 1 aliphatic heterocycles. The fourth-order valence-electron chi connectivity index (χ4n) is 3.62. The van der Waals surface area contributed by atoms with Gasteiger partial charge in [0.15, 0.2) is 5.54 Å². The Kier molecular flexibility index (Phi) is 7.19. The maximum Gasteiger partial charge on any atom is 0.337 e. The SMILES string of the molecule is COc1ccc(C2CCN(S(=O)(=O)CC(N)(C#Cc3ccccc3F)C(=O)O)CC2)cc1. The van der Waals surface area contributed by atoms with Crippen LogP contribution in [0.1, 0.15) is 29.9 Å². The number of aliphatic carboxylic acids is 1. The van der Waals surface area contributed by atoms with Crippen LogP contribution in [-0.4, -0.2) is 55.3 Å². The van der Waals surface area contributed by atoms with Crippen LogP contribution in [0.2, 0.25) is 0 Å². The fourth-order valence-corrected chi connectivity index (χ4v) is 5.34. The summed E-state index contributed by atoms with van der Waals surface area (Å²) in [4.78, 5) is 11.8. The minimum atomic E-state index is -4.01. The summed E-state index contributed by atoms with van der Waals surface area (Å²) in [7, 11) is -2.41. The molecule has 1 unspecified atom stereocenters. The first-order chi connectivity index (χ1) is 15.1. The third-order valence-corrected chi connectivity index (χ3v) is 7.49. The number of methoxy groups -OCH3 is 1. The molecule has 2 aromatic carbocycles. The lowest BCUT2D eigenvalue weighted by Crippen LogP contribution is -2.55. The van der Waals surface area contributed by atoms with Crippen LogP contribution in [0.4, 0.5) is 4.39 Å². The Morgan fingerprint density at radius 2 is 1.84 bits per heavy atom.